The van der Waals surface area contributed by atoms with Crippen LogP contribution in [0.4, 0.5) is 4.39 Å². The summed E-state index contributed by atoms with van der Waals surface area (Å²) in [5.74, 6) is -0.969. The van der Waals surface area contributed by atoms with E-state index in [4.69, 9.17) is 16.9 Å². The first-order chi connectivity index (χ1) is 9.42. The van der Waals surface area contributed by atoms with Gasteiger partial charge in [-0.3, -0.25) is 0 Å². The molecule has 0 unspecified atom stereocenters. The first-order valence-corrected chi connectivity index (χ1v) is 7.62. The lowest BCUT2D eigenvalue weighted by Crippen LogP contribution is -2.05. The minimum absolute atomic E-state index is 0.129. The van der Waals surface area contributed by atoms with Gasteiger partial charge < -0.3 is 0 Å². The van der Waals surface area contributed by atoms with E-state index < -0.39 is 15.7 Å². The lowest BCUT2D eigenvalue weighted by atomic mass is 10.1. The number of benzene rings is 2. The van der Waals surface area contributed by atoms with Gasteiger partial charge in [-0.05, 0) is 42.0 Å². The lowest BCUT2D eigenvalue weighted by Gasteiger charge is -2.05. The predicted molar refractivity (Wildman–Crippen MR) is 73.5 cm³/mol. The van der Waals surface area contributed by atoms with Crippen LogP contribution < -0.4 is 0 Å². The van der Waals surface area contributed by atoms with Gasteiger partial charge in [0.2, 0.25) is 0 Å². The van der Waals surface area contributed by atoms with Crippen LogP contribution in [-0.4, -0.2) is 8.42 Å². The van der Waals surface area contributed by atoms with E-state index in [-0.39, 0.29) is 16.2 Å². The molecule has 0 heterocycles. The van der Waals surface area contributed by atoms with Crippen LogP contribution in [-0.2, 0) is 15.6 Å². The lowest BCUT2D eigenvalue weighted by molar-refractivity contribution is 0.594. The van der Waals surface area contributed by atoms with E-state index in [1.54, 1.807) is 6.07 Å². The topological polar surface area (TPSA) is 57.9 Å². The number of nitriles is 1. The van der Waals surface area contributed by atoms with Crippen LogP contribution in [0.1, 0.15) is 11.1 Å². The molecule has 0 saturated heterocycles. The molecule has 0 aliphatic carbocycles. The van der Waals surface area contributed by atoms with Crippen molar-refractivity contribution in [2.24, 2.45) is 0 Å². The van der Waals surface area contributed by atoms with Crippen LogP contribution in [0.25, 0.3) is 0 Å². The predicted octanol–water partition coefficient (Wildman–Crippen LogP) is 3.32. The van der Waals surface area contributed by atoms with Gasteiger partial charge in [0.1, 0.15) is 11.9 Å². The van der Waals surface area contributed by atoms with Gasteiger partial charge in [0.25, 0.3) is 0 Å². The second kappa shape index (κ2) is 5.61. The zero-order valence-electron chi connectivity index (χ0n) is 10.2. The molecule has 0 amide bonds. The van der Waals surface area contributed by atoms with Gasteiger partial charge in [-0.2, -0.15) is 5.26 Å². The largest absolute Gasteiger partial charge is 0.223 e. The molecular formula is C14H9ClFNO2S. The van der Waals surface area contributed by atoms with E-state index in [0.717, 1.165) is 6.07 Å². The van der Waals surface area contributed by atoms with Crippen LogP contribution >= 0.6 is 11.6 Å². The average molecular weight is 310 g/mol. The minimum Gasteiger partial charge on any atom is -0.223 e. The smallest absolute Gasteiger partial charge is 0.182 e. The Balaban J connectivity index is 2.34. The van der Waals surface area contributed by atoms with Crippen molar-refractivity contribution in [3.63, 3.8) is 0 Å². The van der Waals surface area contributed by atoms with Crippen LogP contribution in [0, 0.1) is 17.1 Å². The fourth-order valence-electron chi connectivity index (χ4n) is 1.69. The highest BCUT2D eigenvalue weighted by atomic mass is 35.5. The van der Waals surface area contributed by atoms with Gasteiger partial charge in [0.05, 0.1) is 16.2 Å². The molecule has 0 atom stereocenters. The summed E-state index contributed by atoms with van der Waals surface area (Å²) < 4.78 is 37.5. The molecule has 6 heteroatoms. The minimum atomic E-state index is -3.56. The first-order valence-electron chi connectivity index (χ1n) is 5.59. The van der Waals surface area contributed by atoms with Crippen molar-refractivity contribution in [3.8, 4) is 6.07 Å². The summed E-state index contributed by atoms with van der Waals surface area (Å²) in [5, 5.41) is 9.18. The molecule has 0 aromatic heterocycles. The van der Waals surface area contributed by atoms with E-state index in [9.17, 15) is 12.8 Å². The summed E-state index contributed by atoms with van der Waals surface area (Å²) in [6.07, 6.45) is 0. The van der Waals surface area contributed by atoms with Gasteiger partial charge in [0, 0.05) is 5.02 Å². The van der Waals surface area contributed by atoms with E-state index in [0.29, 0.717) is 10.6 Å². The van der Waals surface area contributed by atoms with Gasteiger partial charge in [-0.1, -0.05) is 17.7 Å². The highest BCUT2D eigenvalue weighted by Crippen LogP contribution is 2.20. The molecule has 20 heavy (non-hydrogen) atoms. The molecule has 0 bridgehead atoms. The monoisotopic (exact) mass is 309 g/mol. The maximum Gasteiger partial charge on any atom is 0.182 e. The van der Waals surface area contributed by atoms with Crippen LogP contribution in [0.15, 0.2) is 47.4 Å². The number of rotatable bonds is 3. The van der Waals surface area contributed by atoms with E-state index in [1.807, 2.05) is 0 Å². The Bertz CT molecular complexity index is 780. The molecule has 0 aliphatic heterocycles. The van der Waals surface area contributed by atoms with Crippen molar-refractivity contribution in [1.82, 2.24) is 0 Å². The number of nitrogens with zero attached hydrogens (tertiary/aromatic N) is 1. The fourth-order valence-corrected chi connectivity index (χ4v) is 3.15. The Morgan fingerprint density at radius 1 is 1.15 bits per heavy atom. The first kappa shape index (κ1) is 14.5. The summed E-state index contributed by atoms with van der Waals surface area (Å²) in [6.45, 7) is 0. The third-order valence-corrected chi connectivity index (χ3v) is 4.64. The number of hydrogen-bond acceptors (Lipinski definition) is 3. The summed E-state index contributed by atoms with van der Waals surface area (Å²) in [7, 11) is -3.56. The average Bonchev–Trinajstić information content (AvgIpc) is 2.41. The second-order valence-corrected chi connectivity index (χ2v) is 6.57. The third kappa shape index (κ3) is 3.16. The van der Waals surface area contributed by atoms with Crippen molar-refractivity contribution in [2.45, 2.75) is 10.6 Å². The van der Waals surface area contributed by atoms with Gasteiger partial charge in [0.15, 0.2) is 9.84 Å². The summed E-state index contributed by atoms with van der Waals surface area (Å²) in [4.78, 5) is 0.129. The van der Waals surface area contributed by atoms with E-state index in [1.165, 1.54) is 36.4 Å². The van der Waals surface area contributed by atoms with Crippen LogP contribution in [0.3, 0.4) is 0 Å². The number of hydrogen-bond donors (Lipinski definition) is 0. The maximum absolute atomic E-state index is 13.2. The van der Waals surface area contributed by atoms with Gasteiger partial charge in [-0.25, -0.2) is 12.8 Å². The van der Waals surface area contributed by atoms with Crippen molar-refractivity contribution in [1.29, 1.82) is 5.26 Å². The molecule has 0 spiro atoms. The van der Waals surface area contributed by atoms with Crippen molar-refractivity contribution in [2.75, 3.05) is 0 Å². The zero-order valence-corrected chi connectivity index (χ0v) is 11.7. The summed E-state index contributed by atoms with van der Waals surface area (Å²) >= 11 is 5.71. The molecule has 2 aromatic rings. The van der Waals surface area contributed by atoms with Crippen molar-refractivity contribution >= 4 is 21.4 Å². The molecule has 0 radical (unpaired) electrons. The Kier molecular flexibility index (Phi) is 4.07. The SMILES string of the molecule is N#Cc1cc(CS(=O)(=O)c2ccc(Cl)cc2)ccc1F. The molecule has 2 aromatic carbocycles. The molecule has 0 saturated carbocycles. The van der Waals surface area contributed by atoms with Crippen LogP contribution in [0.5, 0.6) is 0 Å². The molecule has 0 N–H and O–H groups in total. The number of halogens is 2. The summed E-state index contributed by atoms with van der Waals surface area (Å²) in [5.41, 5.74) is 0.187. The quantitative estimate of drug-likeness (QED) is 0.874. The highest BCUT2D eigenvalue weighted by Gasteiger charge is 2.16. The molecule has 2 rings (SSSR count). The highest BCUT2D eigenvalue weighted by molar-refractivity contribution is 7.90. The molecule has 3 nitrogen and oxygen atoms in total. The summed E-state index contributed by atoms with van der Waals surface area (Å²) in [6, 6.07) is 11.1. The zero-order chi connectivity index (χ0) is 14.8. The standard InChI is InChI=1S/C14H9ClFNO2S/c15-12-2-4-13(5-3-12)20(18,19)9-10-1-6-14(16)11(7-10)8-17/h1-7H,9H2. The molecular weight excluding hydrogens is 301 g/mol. The number of sulfone groups is 1. The van der Waals surface area contributed by atoms with E-state index in [2.05, 4.69) is 0 Å². The maximum atomic E-state index is 13.2. The third-order valence-electron chi connectivity index (χ3n) is 2.68. The van der Waals surface area contributed by atoms with Gasteiger partial charge >= 0.3 is 0 Å². The Labute approximate surface area is 121 Å². The molecule has 0 fully saturated rings. The molecule has 102 valence electrons. The molecule has 0 aliphatic rings. The Morgan fingerprint density at radius 3 is 2.40 bits per heavy atom. The van der Waals surface area contributed by atoms with Crippen molar-refractivity contribution < 1.29 is 12.8 Å². The van der Waals surface area contributed by atoms with E-state index >= 15 is 0 Å². The fraction of sp³-hybridized carbons (Fsp3) is 0.0714. The normalized spacial score (nSPS) is 11.1. The Hall–Kier alpha value is -1.90. The van der Waals surface area contributed by atoms with Crippen molar-refractivity contribution in [3.05, 3.63) is 64.4 Å². The Morgan fingerprint density at radius 2 is 1.80 bits per heavy atom. The van der Waals surface area contributed by atoms with Gasteiger partial charge in [-0.15, -0.1) is 0 Å². The second-order valence-electron chi connectivity index (χ2n) is 4.14. The van der Waals surface area contributed by atoms with Crippen LogP contribution in [0.2, 0.25) is 5.02 Å².